The molecule has 2 unspecified atom stereocenters. The first-order chi connectivity index (χ1) is 10.9. The Morgan fingerprint density at radius 1 is 0.957 bits per heavy atom. The van der Waals surface area contributed by atoms with Crippen LogP contribution in [0.25, 0.3) is 0 Å². The van der Waals surface area contributed by atoms with Gasteiger partial charge in [-0.25, -0.2) is 0 Å². The van der Waals surface area contributed by atoms with E-state index in [0.29, 0.717) is 16.6 Å². The number of carbonyl (C=O) groups is 1. The van der Waals surface area contributed by atoms with Gasteiger partial charge >= 0.3 is 0 Å². The molecule has 1 aliphatic heterocycles. The molecule has 5 aliphatic rings. The summed E-state index contributed by atoms with van der Waals surface area (Å²) in [4.78, 5) is 15.8. The summed E-state index contributed by atoms with van der Waals surface area (Å²) in [6.07, 6.45) is 13.8. The van der Waals surface area contributed by atoms with Crippen LogP contribution < -0.4 is 0 Å². The summed E-state index contributed by atoms with van der Waals surface area (Å²) in [5, 5.41) is 0. The number of nitrogens with zero attached hydrogens (tertiary/aromatic N) is 1. The van der Waals surface area contributed by atoms with Gasteiger partial charge in [0, 0.05) is 11.8 Å². The number of likely N-dealkylation sites (tertiary alicyclic amines) is 1. The molecule has 0 aromatic rings. The SMILES string of the molecule is CC12CC3CC(C)(C1)CC(C(=O)CCCN1CCCCC1)(C3)C2. The lowest BCUT2D eigenvalue weighted by atomic mass is 9.39. The predicted molar refractivity (Wildman–Crippen MR) is 94.4 cm³/mol. The highest BCUT2D eigenvalue weighted by atomic mass is 16.1. The van der Waals surface area contributed by atoms with Crippen molar-refractivity contribution in [3.8, 4) is 0 Å². The fourth-order valence-corrected chi connectivity index (χ4v) is 7.67. The Morgan fingerprint density at radius 3 is 2.22 bits per heavy atom. The summed E-state index contributed by atoms with van der Waals surface area (Å²) in [5.41, 5.74) is 1.01. The Labute approximate surface area is 142 Å². The van der Waals surface area contributed by atoms with Gasteiger partial charge in [0.15, 0.2) is 0 Å². The van der Waals surface area contributed by atoms with Gasteiger partial charge in [-0.05, 0) is 94.2 Å². The van der Waals surface area contributed by atoms with E-state index < -0.39 is 0 Å². The van der Waals surface area contributed by atoms with E-state index in [1.54, 1.807) is 0 Å². The Hall–Kier alpha value is -0.370. The maximum atomic E-state index is 13.2. The Kier molecular flexibility index (Phi) is 3.91. The first kappa shape index (κ1) is 16.1. The molecule has 4 aliphatic carbocycles. The van der Waals surface area contributed by atoms with Crippen LogP contribution in [-0.2, 0) is 4.79 Å². The third kappa shape index (κ3) is 3.01. The summed E-state index contributed by atoms with van der Waals surface area (Å²) in [5.74, 6) is 1.48. The second-order valence-corrected chi connectivity index (χ2v) is 10.3. The molecule has 2 heteroatoms. The van der Waals surface area contributed by atoms with Crippen molar-refractivity contribution in [2.24, 2.45) is 22.2 Å². The second-order valence-electron chi connectivity index (χ2n) is 10.3. The molecule has 2 atom stereocenters. The molecular weight excluding hydrogens is 282 g/mol. The molecule has 0 aromatic heterocycles. The zero-order chi connectivity index (χ0) is 16.1. The smallest absolute Gasteiger partial charge is 0.139 e. The molecule has 5 rings (SSSR count). The van der Waals surface area contributed by atoms with Crippen LogP contribution >= 0.6 is 0 Å². The molecule has 0 amide bonds. The van der Waals surface area contributed by atoms with Gasteiger partial charge in [0.2, 0.25) is 0 Å². The topological polar surface area (TPSA) is 20.3 Å². The highest BCUT2D eigenvalue weighted by molar-refractivity contribution is 5.85. The van der Waals surface area contributed by atoms with E-state index in [9.17, 15) is 4.79 Å². The van der Waals surface area contributed by atoms with Gasteiger partial charge < -0.3 is 4.90 Å². The number of ketones is 1. The van der Waals surface area contributed by atoms with E-state index in [1.807, 2.05) is 0 Å². The maximum Gasteiger partial charge on any atom is 0.139 e. The zero-order valence-electron chi connectivity index (χ0n) is 15.3. The molecule has 4 saturated carbocycles. The van der Waals surface area contributed by atoms with Gasteiger partial charge in [0.1, 0.15) is 5.78 Å². The minimum atomic E-state index is 0.0742. The number of Topliss-reactive ketones (excluding diaryl/α,β-unsaturated/α-hetero) is 1. The van der Waals surface area contributed by atoms with Crippen LogP contribution in [0.4, 0.5) is 0 Å². The summed E-state index contributed by atoms with van der Waals surface area (Å²) in [7, 11) is 0. The minimum absolute atomic E-state index is 0.0742. The number of rotatable bonds is 5. The molecular formula is C21H35NO. The fraction of sp³-hybridized carbons (Fsp3) is 0.952. The highest BCUT2D eigenvalue weighted by Gasteiger charge is 2.62. The lowest BCUT2D eigenvalue weighted by molar-refractivity contribution is -0.168. The first-order valence-corrected chi connectivity index (χ1v) is 10.2. The summed E-state index contributed by atoms with van der Waals surface area (Å²) >= 11 is 0. The average Bonchev–Trinajstić information content (AvgIpc) is 2.44. The summed E-state index contributed by atoms with van der Waals surface area (Å²) in [6.45, 7) is 8.63. The van der Waals surface area contributed by atoms with E-state index in [2.05, 4.69) is 18.7 Å². The van der Waals surface area contributed by atoms with Gasteiger partial charge in [0.25, 0.3) is 0 Å². The minimum Gasteiger partial charge on any atom is -0.303 e. The third-order valence-electron chi connectivity index (χ3n) is 7.54. The monoisotopic (exact) mass is 317 g/mol. The van der Waals surface area contributed by atoms with Crippen molar-refractivity contribution < 1.29 is 4.79 Å². The van der Waals surface area contributed by atoms with Crippen LogP contribution in [0.15, 0.2) is 0 Å². The van der Waals surface area contributed by atoms with Crippen molar-refractivity contribution in [1.29, 1.82) is 0 Å². The van der Waals surface area contributed by atoms with E-state index in [0.717, 1.165) is 25.3 Å². The molecule has 0 spiro atoms. The fourth-order valence-electron chi connectivity index (χ4n) is 7.67. The molecule has 130 valence electrons. The Balaban J connectivity index is 1.38. The molecule has 5 fully saturated rings. The van der Waals surface area contributed by atoms with Gasteiger partial charge in [-0.1, -0.05) is 20.3 Å². The van der Waals surface area contributed by atoms with E-state index >= 15 is 0 Å². The van der Waals surface area contributed by atoms with Crippen molar-refractivity contribution in [2.45, 2.75) is 84.5 Å². The second kappa shape index (κ2) is 5.58. The van der Waals surface area contributed by atoms with Gasteiger partial charge in [0.05, 0.1) is 0 Å². The number of hydrogen-bond acceptors (Lipinski definition) is 2. The van der Waals surface area contributed by atoms with Gasteiger partial charge in [-0.3, -0.25) is 4.79 Å². The van der Waals surface area contributed by atoms with Gasteiger partial charge in [-0.2, -0.15) is 0 Å². The van der Waals surface area contributed by atoms with Crippen molar-refractivity contribution in [3.05, 3.63) is 0 Å². The van der Waals surface area contributed by atoms with Crippen molar-refractivity contribution in [3.63, 3.8) is 0 Å². The molecule has 23 heavy (non-hydrogen) atoms. The quantitative estimate of drug-likeness (QED) is 0.724. The number of piperidine rings is 1. The molecule has 1 saturated heterocycles. The standard InChI is InChI=1S/C21H35NO/c1-19-11-17-12-20(2,14-19)16-21(13-17,15-19)18(23)7-6-10-22-8-4-3-5-9-22/h17H,3-16H2,1-2H3. The van der Waals surface area contributed by atoms with Crippen molar-refractivity contribution >= 4 is 5.78 Å². The number of hydrogen-bond donors (Lipinski definition) is 0. The summed E-state index contributed by atoms with van der Waals surface area (Å²) in [6, 6.07) is 0. The molecule has 0 N–H and O–H groups in total. The molecule has 0 radical (unpaired) electrons. The molecule has 1 heterocycles. The normalized spacial score (nSPS) is 46.3. The van der Waals surface area contributed by atoms with Crippen molar-refractivity contribution in [2.75, 3.05) is 19.6 Å². The maximum absolute atomic E-state index is 13.2. The van der Waals surface area contributed by atoms with Gasteiger partial charge in [-0.15, -0.1) is 0 Å². The largest absolute Gasteiger partial charge is 0.303 e. The third-order valence-corrected chi connectivity index (χ3v) is 7.54. The average molecular weight is 318 g/mol. The van der Waals surface area contributed by atoms with Crippen LogP contribution in [0.2, 0.25) is 0 Å². The van der Waals surface area contributed by atoms with Crippen LogP contribution in [0.5, 0.6) is 0 Å². The first-order valence-electron chi connectivity index (χ1n) is 10.2. The predicted octanol–water partition coefficient (Wildman–Crippen LogP) is 4.82. The highest BCUT2D eigenvalue weighted by Crippen LogP contribution is 2.69. The molecule has 0 aromatic carbocycles. The number of carbonyl (C=O) groups excluding carboxylic acids is 1. The lowest BCUT2D eigenvalue weighted by Crippen LogP contribution is -2.57. The van der Waals surface area contributed by atoms with Crippen LogP contribution in [0, 0.1) is 22.2 Å². The van der Waals surface area contributed by atoms with E-state index in [1.165, 1.54) is 70.9 Å². The van der Waals surface area contributed by atoms with E-state index in [-0.39, 0.29) is 5.41 Å². The Morgan fingerprint density at radius 2 is 1.61 bits per heavy atom. The van der Waals surface area contributed by atoms with Crippen LogP contribution in [-0.4, -0.2) is 30.3 Å². The summed E-state index contributed by atoms with van der Waals surface area (Å²) < 4.78 is 0. The van der Waals surface area contributed by atoms with E-state index in [4.69, 9.17) is 0 Å². The molecule has 2 nitrogen and oxygen atoms in total. The Bertz CT molecular complexity index is 460. The van der Waals surface area contributed by atoms with Crippen molar-refractivity contribution in [1.82, 2.24) is 4.90 Å². The lowest BCUT2D eigenvalue weighted by Gasteiger charge is -2.64. The zero-order valence-corrected chi connectivity index (χ0v) is 15.3. The van der Waals surface area contributed by atoms with Crippen LogP contribution in [0.1, 0.15) is 84.5 Å². The van der Waals surface area contributed by atoms with Crippen LogP contribution in [0.3, 0.4) is 0 Å². The molecule has 4 bridgehead atoms.